The second-order valence-electron chi connectivity index (χ2n) is 5.77. The van der Waals surface area contributed by atoms with E-state index in [1.54, 1.807) is 0 Å². The molecule has 1 unspecified atom stereocenters. The van der Waals surface area contributed by atoms with Gasteiger partial charge in [-0.15, -0.1) is 0 Å². The van der Waals surface area contributed by atoms with Crippen LogP contribution in [-0.2, 0) is 14.4 Å². The number of amides is 2. The van der Waals surface area contributed by atoms with E-state index in [-0.39, 0.29) is 30.1 Å². The van der Waals surface area contributed by atoms with E-state index in [1.165, 1.54) is 0 Å². The molecule has 1 aliphatic carbocycles. The average molecular weight is 283 g/mol. The maximum absolute atomic E-state index is 12.1. The minimum atomic E-state index is -1.13. The third-order valence-corrected chi connectivity index (χ3v) is 4.40. The molecule has 112 valence electrons. The summed E-state index contributed by atoms with van der Waals surface area (Å²) in [6, 6.07) is -1.03. The molecule has 2 atom stereocenters. The zero-order chi connectivity index (χ0) is 14.8. The molecule has 0 aromatic rings. The molecule has 7 heteroatoms. The van der Waals surface area contributed by atoms with Crippen LogP contribution in [-0.4, -0.2) is 42.0 Å². The molecule has 2 fully saturated rings. The Balaban J connectivity index is 1.86. The van der Waals surface area contributed by atoms with Crippen molar-refractivity contribution >= 4 is 17.8 Å². The van der Waals surface area contributed by atoms with Gasteiger partial charge in [0.2, 0.25) is 11.8 Å². The van der Waals surface area contributed by atoms with Crippen LogP contribution >= 0.6 is 0 Å². The van der Waals surface area contributed by atoms with E-state index in [0.717, 1.165) is 32.4 Å². The van der Waals surface area contributed by atoms with Gasteiger partial charge in [-0.25, -0.2) is 4.79 Å². The fourth-order valence-electron chi connectivity index (χ4n) is 3.01. The number of piperidine rings is 1. The summed E-state index contributed by atoms with van der Waals surface area (Å²) in [5, 5.41) is 14.9. The van der Waals surface area contributed by atoms with Gasteiger partial charge < -0.3 is 21.5 Å². The van der Waals surface area contributed by atoms with Crippen LogP contribution in [0.15, 0.2) is 0 Å². The second-order valence-corrected chi connectivity index (χ2v) is 5.77. The van der Waals surface area contributed by atoms with Crippen molar-refractivity contribution in [2.45, 2.75) is 38.1 Å². The topological polar surface area (TPSA) is 122 Å². The van der Waals surface area contributed by atoms with Crippen molar-refractivity contribution in [2.24, 2.45) is 17.1 Å². The van der Waals surface area contributed by atoms with Crippen LogP contribution < -0.4 is 16.4 Å². The highest BCUT2D eigenvalue weighted by Gasteiger charge is 2.57. The van der Waals surface area contributed by atoms with E-state index in [0.29, 0.717) is 0 Å². The molecule has 0 aromatic heterocycles. The van der Waals surface area contributed by atoms with Gasteiger partial charge in [0.05, 0.1) is 0 Å². The normalized spacial score (nSPS) is 24.9. The number of aliphatic carboxylic acids is 1. The van der Waals surface area contributed by atoms with Crippen molar-refractivity contribution in [1.29, 1.82) is 0 Å². The van der Waals surface area contributed by atoms with Crippen molar-refractivity contribution in [1.82, 2.24) is 10.6 Å². The largest absolute Gasteiger partial charge is 0.480 e. The first-order valence-electron chi connectivity index (χ1n) is 6.97. The molecular formula is C13H21N3O4. The van der Waals surface area contributed by atoms with Crippen molar-refractivity contribution in [2.75, 3.05) is 13.1 Å². The number of carbonyl (C=O) groups is 3. The Morgan fingerprint density at radius 3 is 2.55 bits per heavy atom. The maximum Gasteiger partial charge on any atom is 0.326 e. The number of nitrogens with two attached hydrogens (primary N) is 1. The third-order valence-electron chi connectivity index (χ3n) is 4.40. The summed E-state index contributed by atoms with van der Waals surface area (Å²) in [7, 11) is 0. The summed E-state index contributed by atoms with van der Waals surface area (Å²) in [5.41, 5.74) is 5.08. The van der Waals surface area contributed by atoms with E-state index < -0.39 is 17.9 Å². The first-order chi connectivity index (χ1) is 9.44. The average Bonchev–Trinajstić information content (AvgIpc) is 3.08. The van der Waals surface area contributed by atoms with Crippen molar-refractivity contribution in [3.05, 3.63) is 0 Å². The lowest BCUT2D eigenvalue weighted by Gasteiger charge is -2.23. The maximum atomic E-state index is 12.1. The van der Waals surface area contributed by atoms with E-state index in [9.17, 15) is 14.4 Å². The summed E-state index contributed by atoms with van der Waals surface area (Å²) < 4.78 is 0. The van der Waals surface area contributed by atoms with Gasteiger partial charge in [-0.1, -0.05) is 0 Å². The number of nitrogens with one attached hydrogen (secondary N) is 2. The molecule has 5 N–H and O–H groups in total. The predicted molar refractivity (Wildman–Crippen MR) is 70.6 cm³/mol. The molecule has 1 saturated carbocycles. The van der Waals surface area contributed by atoms with E-state index in [2.05, 4.69) is 10.6 Å². The summed E-state index contributed by atoms with van der Waals surface area (Å²) in [6.07, 6.45) is 2.76. The molecule has 2 rings (SSSR count). The van der Waals surface area contributed by atoms with Gasteiger partial charge in [-0.3, -0.25) is 9.59 Å². The Morgan fingerprint density at radius 1 is 1.35 bits per heavy atom. The van der Waals surface area contributed by atoms with Crippen LogP contribution in [0.4, 0.5) is 0 Å². The fraction of sp³-hybridized carbons (Fsp3) is 0.769. The molecule has 2 amide bonds. The molecule has 0 bridgehead atoms. The number of carboxylic acids is 1. The molecule has 20 heavy (non-hydrogen) atoms. The number of carboxylic acid groups (broad SMARTS) is 1. The molecule has 7 nitrogen and oxygen atoms in total. The third kappa shape index (κ3) is 3.27. The SMILES string of the molecule is NC(=O)CC[C@H](NC(=O)C1CC12CCNCC2)C(=O)O. The standard InChI is InChI=1S/C13H21N3O4/c14-10(17)2-1-9(12(19)20)16-11(18)8-7-13(8)3-5-15-6-4-13/h8-9,15H,1-7H2,(H2,14,17)(H,16,18)(H,19,20)/t8?,9-/m0/s1. The van der Waals surface area contributed by atoms with E-state index in [4.69, 9.17) is 10.8 Å². The fourth-order valence-corrected chi connectivity index (χ4v) is 3.01. The number of carbonyl (C=O) groups excluding carboxylic acids is 2. The van der Waals surface area contributed by atoms with Gasteiger partial charge in [-0.2, -0.15) is 0 Å². The van der Waals surface area contributed by atoms with Crippen LogP contribution in [0.25, 0.3) is 0 Å². The molecule has 1 heterocycles. The highest BCUT2D eigenvalue weighted by atomic mass is 16.4. The Morgan fingerprint density at radius 2 is 2.00 bits per heavy atom. The predicted octanol–water partition coefficient (Wildman–Crippen LogP) is -0.789. The minimum absolute atomic E-state index is 0.0394. The van der Waals surface area contributed by atoms with Crippen molar-refractivity contribution < 1.29 is 19.5 Å². The van der Waals surface area contributed by atoms with Crippen LogP contribution in [0.1, 0.15) is 32.1 Å². The van der Waals surface area contributed by atoms with Gasteiger partial charge in [0.25, 0.3) is 0 Å². The number of hydrogen-bond acceptors (Lipinski definition) is 4. The van der Waals surface area contributed by atoms with E-state index >= 15 is 0 Å². The molecule has 0 aromatic carbocycles. The summed E-state index contributed by atoms with van der Waals surface area (Å²) in [5.74, 6) is -1.98. The van der Waals surface area contributed by atoms with Crippen molar-refractivity contribution in [3.8, 4) is 0 Å². The lowest BCUT2D eigenvalue weighted by molar-refractivity contribution is -0.142. The summed E-state index contributed by atoms with van der Waals surface area (Å²) in [6.45, 7) is 1.82. The quantitative estimate of drug-likeness (QED) is 0.509. The Hall–Kier alpha value is -1.63. The van der Waals surface area contributed by atoms with Crippen LogP contribution in [0, 0.1) is 11.3 Å². The van der Waals surface area contributed by atoms with Gasteiger partial charge >= 0.3 is 5.97 Å². The molecular weight excluding hydrogens is 262 g/mol. The first kappa shape index (κ1) is 14.8. The number of primary amides is 1. The lowest BCUT2D eigenvalue weighted by Crippen LogP contribution is -2.43. The molecule has 2 aliphatic rings. The Bertz CT molecular complexity index is 418. The van der Waals surface area contributed by atoms with Crippen LogP contribution in [0.2, 0.25) is 0 Å². The van der Waals surface area contributed by atoms with Crippen LogP contribution in [0.5, 0.6) is 0 Å². The number of rotatable bonds is 6. The minimum Gasteiger partial charge on any atom is -0.480 e. The molecule has 1 spiro atoms. The Kier molecular flexibility index (Phi) is 4.27. The van der Waals surface area contributed by atoms with Gasteiger partial charge in [0, 0.05) is 12.3 Å². The van der Waals surface area contributed by atoms with Gasteiger partial charge in [0.1, 0.15) is 6.04 Å². The zero-order valence-electron chi connectivity index (χ0n) is 11.4. The zero-order valence-corrected chi connectivity index (χ0v) is 11.4. The molecule has 1 saturated heterocycles. The Labute approximate surface area is 117 Å². The molecule has 0 radical (unpaired) electrons. The highest BCUT2D eigenvalue weighted by molar-refractivity contribution is 5.87. The number of hydrogen-bond donors (Lipinski definition) is 4. The summed E-state index contributed by atoms with van der Waals surface area (Å²) >= 11 is 0. The van der Waals surface area contributed by atoms with Crippen molar-refractivity contribution in [3.63, 3.8) is 0 Å². The van der Waals surface area contributed by atoms with Gasteiger partial charge in [0.15, 0.2) is 0 Å². The lowest BCUT2D eigenvalue weighted by atomic mass is 9.91. The molecule has 1 aliphatic heterocycles. The first-order valence-corrected chi connectivity index (χ1v) is 6.97. The van der Waals surface area contributed by atoms with Gasteiger partial charge in [-0.05, 0) is 44.2 Å². The highest BCUT2D eigenvalue weighted by Crippen LogP contribution is 2.58. The summed E-state index contributed by atoms with van der Waals surface area (Å²) in [4.78, 5) is 33.9. The second kappa shape index (κ2) is 5.78. The van der Waals surface area contributed by atoms with E-state index in [1.807, 2.05) is 0 Å². The monoisotopic (exact) mass is 283 g/mol. The van der Waals surface area contributed by atoms with Crippen LogP contribution in [0.3, 0.4) is 0 Å². The smallest absolute Gasteiger partial charge is 0.326 e.